The third-order valence-corrected chi connectivity index (χ3v) is 2.36. The Morgan fingerprint density at radius 2 is 2.12 bits per heavy atom. The molecule has 1 aliphatic rings. The number of ether oxygens (including phenoxy) is 1. The Bertz CT molecular complexity index is 331. The molecule has 17 heavy (non-hydrogen) atoms. The summed E-state index contributed by atoms with van der Waals surface area (Å²) in [7, 11) is 0. The van der Waals surface area contributed by atoms with Crippen LogP contribution in [0.5, 0.6) is 0 Å². The normalized spacial score (nSPS) is 19.1. The van der Waals surface area contributed by atoms with Crippen LogP contribution in [0.15, 0.2) is 11.3 Å². The van der Waals surface area contributed by atoms with E-state index in [9.17, 15) is 20.1 Å². The van der Waals surface area contributed by atoms with Crippen LogP contribution < -0.4 is 0 Å². The molecular weight excluding hydrogens is 226 g/mol. The zero-order valence-electron chi connectivity index (χ0n) is 10.3. The van der Waals surface area contributed by atoms with E-state index in [-0.39, 0.29) is 25.3 Å². The third kappa shape index (κ3) is 3.42. The summed E-state index contributed by atoms with van der Waals surface area (Å²) in [6, 6.07) is 0. The van der Waals surface area contributed by atoms with Gasteiger partial charge in [0.2, 0.25) is 0 Å². The Hall–Kier alpha value is -1.11. The van der Waals surface area contributed by atoms with Gasteiger partial charge in [0.25, 0.3) is 5.91 Å². The predicted octanol–water partition coefficient (Wildman–Crippen LogP) is -0.234. The van der Waals surface area contributed by atoms with Gasteiger partial charge in [-0.2, -0.15) is 0 Å². The highest BCUT2D eigenvalue weighted by Crippen LogP contribution is 2.22. The number of hydrogen-bond donors (Lipinski definition) is 3. The number of carbonyl (C=O) groups excluding carboxylic acids is 1. The number of nitrogens with zero attached hydrogens (tertiary/aromatic N) is 1. The van der Waals surface area contributed by atoms with E-state index in [2.05, 4.69) is 0 Å². The van der Waals surface area contributed by atoms with Crippen molar-refractivity contribution in [3.05, 3.63) is 11.3 Å². The molecule has 1 atom stereocenters. The molecule has 1 unspecified atom stereocenters. The van der Waals surface area contributed by atoms with Crippen molar-refractivity contribution in [2.75, 3.05) is 19.7 Å². The molecule has 0 fully saturated rings. The van der Waals surface area contributed by atoms with E-state index in [0.717, 1.165) is 0 Å². The highest BCUT2D eigenvalue weighted by atomic mass is 16.6. The second-order valence-corrected chi connectivity index (χ2v) is 4.66. The van der Waals surface area contributed by atoms with Crippen molar-refractivity contribution in [1.82, 2.24) is 4.90 Å². The number of amides is 1. The lowest BCUT2D eigenvalue weighted by Crippen LogP contribution is -2.40. The van der Waals surface area contributed by atoms with E-state index in [0.29, 0.717) is 0 Å². The number of β-amino-alcohol motifs (C(OH)–C–C–N with tert-alkyl or cyclic N) is 1. The summed E-state index contributed by atoms with van der Waals surface area (Å²) >= 11 is 0. The van der Waals surface area contributed by atoms with Gasteiger partial charge in [-0.1, -0.05) is 0 Å². The molecule has 0 radical (unpaired) electrons. The lowest BCUT2D eigenvalue weighted by molar-refractivity contribution is -0.130. The van der Waals surface area contributed by atoms with Gasteiger partial charge in [-0.05, 0) is 20.8 Å². The van der Waals surface area contributed by atoms with Crippen LogP contribution in [0.4, 0.5) is 0 Å². The molecule has 6 heteroatoms. The van der Waals surface area contributed by atoms with Crippen molar-refractivity contribution in [1.29, 1.82) is 0 Å². The van der Waals surface area contributed by atoms with Crippen molar-refractivity contribution in [3.8, 4) is 0 Å². The van der Waals surface area contributed by atoms with Gasteiger partial charge in [-0.3, -0.25) is 4.79 Å². The molecule has 0 aromatic carbocycles. The summed E-state index contributed by atoms with van der Waals surface area (Å²) in [4.78, 5) is 12.9. The van der Waals surface area contributed by atoms with Crippen LogP contribution in [0, 0.1) is 0 Å². The molecule has 0 aromatic heterocycles. The smallest absolute Gasteiger partial charge is 0.289 e. The summed E-state index contributed by atoms with van der Waals surface area (Å²) in [5.41, 5.74) is -0.914. The summed E-state index contributed by atoms with van der Waals surface area (Å²) in [5.74, 6) is -1.09. The maximum atomic E-state index is 11.6. The minimum atomic E-state index is -1.28. The number of hydrogen-bond acceptors (Lipinski definition) is 5. The number of rotatable bonds is 5. The molecule has 0 aliphatic carbocycles. The van der Waals surface area contributed by atoms with Crippen molar-refractivity contribution in [2.45, 2.75) is 32.7 Å². The molecular formula is C11H19NO5. The molecule has 1 heterocycles. The van der Waals surface area contributed by atoms with Gasteiger partial charge in [0.05, 0.1) is 17.7 Å². The van der Waals surface area contributed by atoms with Crippen molar-refractivity contribution in [2.24, 2.45) is 0 Å². The molecule has 3 N–H and O–H groups in total. The molecule has 6 nitrogen and oxygen atoms in total. The zero-order valence-corrected chi connectivity index (χ0v) is 10.3. The van der Waals surface area contributed by atoms with E-state index in [1.165, 1.54) is 4.90 Å². The molecule has 0 bridgehead atoms. The van der Waals surface area contributed by atoms with E-state index >= 15 is 0 Å². The summed E-state index contributed by atoms with van der Waals surface area (Å²) in [6.45, 7) is 5.25. The second kappa shape index (κ2) is 5.03. The lowest BCUT2D eigenvalue weighted by Gasteiger charge is -2.25. The van der Waals surface area contributed by atoms with Gasteiger partial charge in [0, 0.05) is 13.2 Å². The maximum absolute atomic E-state index is 11.6. The number of aliphatic hydroxyl groups is 3. The first-order chi connectivity index (χ1) is 7.76. The minimum absolute atomic E-state index is 0.0653. The predicted molar refractivity (Wildman–Crippen MR) is 60.2 cm³/mol. The van der Waals surface area contributed by atoms with Crippen molar-refractivity contribution in [3.63, 3.8) is 0 Å². The zero-order chi connectivity index (χ0) is 13.2. The van der Waals surface area contributed by atoms with Crippen LogP contribution in [0.1, 0.15) is 20.8 Å². The Morgan fingerprint density at radius 1 is 1.53 bits per heavy atom. The first-order valence-corrected chi connectivity index (χ1v) is 5.49. The molecule has 0 saturated carbocycles. The summed E-state index contributed by atoms with van der Waals surface area (Å²) in [6.07, 6.45) is -1.28. The fourth-order valence-corrected chi connectivity index (χ4v) is 1.69. The van der Waals surface area contributed by atoms with Crippen molar-refractivity contribution >= 4 is 5.91 Å². The van der Waals surface area contributed by atoms with Crippen LogP contribution in [-0.2, 0) is 9.53 Å². The molecule has 0 aromatic rings. The van der Waals surface area contributed by atoms with Crippen LogP contribution in [0.2, 0.25) is 0 Å². The highest BCUT2D eigenvalue weighted by molar-refractivity contribution is 5.94. The molecule has 0 spiro atoms. The second-order valence-electron chi connectivity index (χ2n) is 4.66. The van der Waals surface area contributed by atoms with Gasteiger partial charge in [-0.15, -0.1) is 0 Å². The van der Waals surface area contributed by atoms with Crippen LogP contribution >= 0.6 is 0 Å². The molecule has 1 amide bonds. The Kier molecular flexibility index (Phi) is 4.13. The van der Waals surface area contributed by atoms with E-state index in [1.54, 1.807) is 20.8 Å². The Balaban J connectivity index is 2.74. The number of aliphatic hydroxyl groups excluding tert-OH is 2. The van der Waals surface area contributed by atoms with Crippen LogP contribution in [0.25, 0.3) is 0 Å². The van der Waals surface area contributed by atoms with E-state index < -0.39 is 23.6 Å². The first-order valence-electron chi connectivity index (χ1n) is 5.49. The van der Waals surface area contributed by atoms with Gasteiger partial charge in [0.15, 0.2) is 12.0 Å². The Labute approximate surface area is 100 Å². The molecule has 1 aliphatic heterocycles. The highest BCUT2D eigenvalue weighted by Gasteiger charge is 2.36. The average Bonchev–Trinajstić information content (AvgIpc) is 2.44. The van der Waals surface area contributed by atoms with Gasteiger partial charge < -0.3 is 25.0 Å². The monoisotopic (exact) mass is 245 g/mol. The van der Waals surface area contributed by atoms with Gasteiger partial charge in [0.1, 0.15) is 0 Å². The fourth-order valence-electron chi connectivity index (χ4n) is 1.69. The largest absolute Gasteiger partial charge is 0.503 e. The Morgan fingerprint density at radius 3 is 2.59 bits per heavy atom. The maximum Gasteiger partial charge on any atom is 0.289 e. The number of carbonyl (C=O) groups is 1. The quantitative estimate of drug-likeness (QED) is 0.582. The van der Waals surface area contributed by atoms with Crippen LogP contribution in [0.3, 0.4) is 0 Å². The lowest BCUT2D eigenvalue weighted by atomic mass is 10.1. The average molecular weight is 245 g/mol. The topological polar surface area (TPSA) is 90.2 Å². The van der Waals surface area contributed by atoms with E-state index in [4.69, 9.17) is 4.74 Å². The standard InChI is InChI=1S/C11H19NO5/c1-4-17-10(15)7-5-12(6-11(2,3)16)9(14)8(7)13/h10,13,15-16H,4-6H2,1-3H3. The summed E-state index contributed by atoms with van der Waals surface area (Å²) in [5, 5.41) is 28.8. The first kappa shape index (κ1) is 14.0. The van der Waals surface area contributed by atoms with Gasteiger partial charge >= 0.3 is 0 Å². The molecule has 1 rings (SSSR count). The van der Waals surface area contributed by atoms with Crippen molar-refractivity contribution < 1.29 is 24.9 Å². The fraction of sp³-hybridized carbons (Fsp3) is 0.727. The van der Waals surface area contributed by atoms with E-state index in [1.807, 2.05) is 0 Å². The SMILES string of the molecule is CCOC(O)C1=C(O)C(=O)N(CC(C)(C)O)C1. The molecule has 98 valence electrons. The van der Waals surface area contributed by atoms with Gasteiger partial charge in [-0.25, -0.2) is 0 Å². The summed E-state index contributed by atoms with van der Waals surface area (Å²) < 4.78 is 4.92. The minimum Gasteiger partial charge on any atom is -0.503 e. The van der Waals surface area contributed by atoms with Crippen LogP contribution in [-0.4, -0.2) is 57.7 Å². The molecule has 0 saturated heterocycles. The third-order valence-electron chi connectivity index (χ3n) is 2.36.